The van der Waals surface area contributed by atoms with Crippen molar-refractivity contribution in [1.82, 2.24) is 10.6 Å². The summed E-state index contributed by atoms with van der Waals surface area (Å²) in [6, 6.07) is -0.884. The molecule has 2 amide bonds. The van der Waals surface area contributed by atoms with E-state index < -0.39 is 24.3 Å². The lowest BCUT2D eigenvalue weighted by molar-refractivity contribution is -0.122. The number of hydrogen-bond donors (Lipinski definition) is 3. The van der Waals surface area contributed by atoms with Gasteiger partial charge in [0, 0.05) is 0 Å². The SMILES string of the molecule is CCC1CCC(NC(=O)NCC(F)(F)F)(C(N)=S)CC1. The molecule has 0 unspecified atom stereocenters. The van der Waals surface area contributed by atoms with Crippen molar-refractivity contribution in [3.63, 3.8) is 0 Å². The lowest BCUT2D eigenvalue weighted by Gasteiger charge is -2.39. The average molecular weight is 311 g/mol. The number of hydrogen-bond acceptors (Lipinski definition) is 2. The predicted octanol–water partition coefficient (Wildman–Crippen LogP) is 2.47. The number of halogens is 3. The molecule has 4 nitrogen and oxygen atoms in total. The first kappa shape index (κ1) is 17.0. The number of carbonyl (C=O) groups is 1. The molecule has 0 aliphatic heterocycles. The Balaban J connectivity index is 2.60. The maximum Gasteiger partial charge on any atom is 0.405 e. The fourth-order valence-corrected chi connectivity index (χ4v) is 2.71. The summed E-state index contributed by atoms with van der Waals surface area (Å²) in [7, 11) is 0. The first-order valence-corrected chi connectivity index (χ1v) is 7.02. The Hall–Kier alpha value is -1.05. The van der Waals surface area contributed by atoms with Crippen LogP contribution in [0.3, 0.4) is 0 Å². The highest BCUT2D eigenvalue weighted by atomic mass is 32.1. The maximum atomic E-state index is 12.1. The molecule has 1 saturated carbocycles. The Morgan fingerprint density at radius 3 is 2.35 bits per heavy atom. The normalized spacial score (nSPS) is 26.9. The predicted molar refractivity (Wildman–Crippen MR) is 74.4 cm³/mol. The monoisotopic (exact) mass is 311 g/mol. The van der Waals surface area contributed by atoms with Crippen LogP contribution in [0.2, 0.25) is 0 Å². The van der Waals surface area contributed by atoms with Gasteiger partial charge < -0.3 is 16.4 Å². The number of nitrogens with one attached hydrogen (secondary N) is 2. The second-order valence-electron chi connectivity index (χ2n) is 5.22. The summed E-state index contributed by atoms with van der Waals surface area (Å²) >= 11 is 4.99. The summed E-state index contributed by atoms with van der Waals surface area (Å²) in [6.45, 7) is 0.714. The zero-order valence-corrected chi connectivity index (χ0v) is 12.2. The smallest absolute Gasteiger partial charge is 0.391 e. The van der Waals surface area contributed by atoms with E-state index in [9.17, 15) is 18.0 Å². The van der Waals surface area contributed by atoms with Gasteiger partial charge in [-0.1, -0.05) is 25.6 Å². The topological polar surface area (TPSA) is 67.2 Å². The van der Waals surface area contributed by atoms with E-state index in [-0.39, 0.29) is 4.99 Å². The van der Waals surface area contributed by atoms with Crippen molar-refractivity contribution in [2.24, 2.45) is 11.7 Å². The van der Waals surface area contributed by atoms with Gasteiger partial charge in [0.2, 0.25) is 0 Å². The molecule has 0 aromatic heterocycles. The van der Waals surface area contributed by atoms with Crippen molar-refractivity contribution in [1.29, 1.82) is 0 Å². The molecule has 1 fully saturated rings. The van der Waals surface area contributed by atoms with Crippen LogP contribution < -0.4 is 16.4 Å². The molecule has 1 rings (SSSR count). The second-order valence-corrected chi connectivity index (χ2v) is 5.66. The third-order valence-electron chi connectivity index (χ3n) is 3.81. The van der Waals surface area contributed by atoms with Crippen molar-refractivity contribution in [3.8, 4) is 0 Å². The highest BCUT2D eigenvalue weighted by Crippen LogP contribution is 2.34. The van der Waals surface area contributed by atoms with Gasteiger partial charge in [0.25, 0.3) is 0 Å². The molecule has 1 aliphatic rings. The van der Waals surface area contributed by atoms with Crippen molar-refractivity contribution in [3.05, 3.63) is 0 Å². The molecule has 0 atom stereocenters. The molecule has 0 spiro atoms. The van der Waals surface area contributed by atoms with E-state index in [4.69, 9.17) is 18.0 Å². The van der Waals surface area contributed by atoms with Crippen LogP contribution in [0.4, 0.5) is 18.0 Å². The Bertz CT molecular complexity index is 365. The highest BCUT2D eigenvalue weighted by Gasteiger charge is 2.39. The number of carbonyl (C=O) groups excluding carboxylic acids is 1. The molecule has 0 radical (unpaired) electrons. The highest BCUT2D eigenvalue weighted by molar-refractivity contribution is 7.80. The Kier molecular flexibility index (Phi) is 5.61. The van der Waals surface area contributed by atoms with E-state index in [1.54, 1.807) is 5.32 Å². The minimum absolute atomic E-state index is 0.134. The molecule has 0 bridgehead atoms. The van der Waals surface area contributed by atoms with E-state index in [1.807, 2.05) is 0 Å². The summed E-state index contributed by atoms with van der Waals surface area (Å²) in [5, 5.41) is 4.32. The van der Waals surface area contributed by atoms with Crippen molar-refractivity contribution in [2.45, 2.75) is 50.7 Å². The zero-order chi connectivity index (χ0) is 15.4. The van der Waals surface area contributed by atoms with Crippen LogP contribution in [0.1, 0.15) is 39.0 Å². The number of alkyl halides is 3. The van der Waals surface area contributed by atoms with Gasteiger partial charge in [-0.3, -0.25) is 0 Å². The summed E-state index contributed by atoms with van der Waals surface area (Å²) in [5.74, 6) is 0.553. The molecule has 1 aliphatic carbocycles. The number of amides is 2. The molecule has 0 heterocycles. The van der Waals surface area contributed by atoms with E-state index >= 15 is 0 Å². The van der Waals surface area contributed by atoms with Crippen LogP contribution >= 0.6 is 12.2 Å². The second kappa shape index (κ2) is 6.60. The lowest BCUT2D eigenvalue weighted by atomic mass is 9.75. The Labute approximate surface area is 121 Å². The molecule has 0 aromatic rings. The molecular weight excluding hydrogens is 291 g/mol. The summed E-state index contributed by atoms with van der Waals surface area (Å²) in [5.41, 5.74) is 4.82. The minimum atomic E-state index is -4.44. The minimum Gasteiger partial charge on any atom is -0.391 e. The zero-order valence-electron chi connectivity index (χ0n) is 11.3. The maximum absolute atomic E-state index is 12.1. The molecule has 20 heavy (non-hydrogen) atoms. The van der Waals surface area contributed by atoms with Crippen LogP contribution in [0.25, 0.3) is 0 Å². The summed E-state index contributed by atoms with van der Waals surface area (Å²) in [4.78, 5) is 11.7. The first-order valence-electron chi connectivity index (χ1n) is 6.61. The van der Waals surface area contributed by atoms with E-state index in [2.05, 4.69) is 12.2 Å². The van der Waals surface area contributed by atoms with Crippen LogP contribution in [0.5, 0.6) is 0 Å². The van der Waals surface area contributed by atoms with Gasteiger partial charge in [-0.2, -0.15) is 13.2 Å². The van der Waals surface area contributed by atoms with Gasteiger partial charge in [0.15, 0.2) is 0 Å². The molecule has 4 N–H and O–H groups in total. The Morgan fingerprint density at radius 2 is 1.95 bits per heavy atom. The van der Waals surface area contributed by atoms with Gasteiger partial charge in [-0.05, 0) is 31.6 Å². The van der Waals surface area contributed by atoms with Crippen LogP contribution in [0.15, 0.2) is 0 Å². The third-order valence-corrected chi connectivity index (χ3v) is 4.20. The standard InChI is InChI=1S/C12H20F3N3OS/c1-2-8-3-5-11(6-4-8,9(16)20)18-10(19)17-7-12(13,14)15/h8H,2-7H2,1H3,(H2,16,20)(H2,17,18,19). The quantitative estimate of drug-likeness (QED) is 0.699. The molecule has 8 heteroatoms. The first-order chi connectivity index (χ1) is 9.18. The van der Waals surface area contributed by atoms with Crippen molar-refractivity contribution in [2.75, 3.05) is 6.54 Å². The molecular formula is C12H20F3N3OS. The van der Waals surface area contributed by atoms with Gasteiger partial charge in [-0.15, -0.1) is 0 Å². The van der Waals surface area contributed by atoms with Crippen molar-refractivity contribution < 1.29 is 18.0 Å². The van der Waals surface area contributed by atoms with E-state index in [0.29, 0.717) is 18.8 Å². The summed E-state index contributed by atoms with van der Waals surface area (Å²) < 4.78 is 36.2. The third kappa shape index (κ3) is 4.81. The lowest BCUT2D eigenvalue weighted by Crippen LogP contribution is -2.60. The number of nitrogens with two attached hydrogens (primary N) is 1. The van der Waals surface area contributed by atoms with Gasteiger partial charge >= 0.3 is 12.2 Å². The number of urea groups is 1. The molecule has 116 valence electrons. The number of rotatable bonds is 4. The summed E-state index contributed by atoms with van der Waals surface area (Å²) in [6.07, 6.45) is -0.553. The van der Waals surface area contributed by atoms with Gasteiger partial charge in [0.1, 0.15) is 6.54 Å². The van der Waals surface area contributed by atoms with Crippen LogP contribution in [-0.4, -0.2) is 29.3 Å². The largest absolute Gasteiger partial charge is 0.405 e. The fraction of sp³-hybridized carbons (Fsp3) is 0.833. The van der Waals surface area contributed by atoms with Crippen LogP contribution in [-0.2, 0) is 0 Å². The molecule has 0 aromatic carbocycles. The molecule has 0 saturated heterocycles. The van der Waals surface area contributed by atoms with E-state index in [1.165, 1.54) is 0 Å². The average Bonchev–Trinajstić information content (AvgIpc) is 2.36. The van der Waals surface area contributed by atoms with Gasteiger partial charge in [-0.25, -0.2) is 4.79 Å². The fourth-order valence-electron chi connectivity index (χ4n) is 2.45. The van der Waals surface area contributed by atoms with E-state index in [0.717, 1.165) is 19.3 Å². The number of thiocarbonyl (C=S) groups is 1. The van der Waals surface area contributed by atoms with Crippen molar-refractivity contribution >= 4 is 23.2 Å². The van der Waals surface area contributed by atoms with Gasteiger partial charge in [0.05, 0.1) is 10.5 Å². The van der Waals surface area contributed by atoms with Crippen LogP contribution in [0, 0.1) is 5.92 Å². The Morgan fingerprint density at radius 1 is 1.40 bits per heavy atom.